The van der Waals surface area contributed by atoms with Crippen LogP contribution < -0.4 is 5.32 Å². The standard InChI is InChI=1S/C10H15NO3S/c1-7(6-14-2)11-5-8-3-4-15-9(8)10(12)13/h3-4,7,11H,5-6H2,1-2H3,(H,12,13). The van der Waals surface area contributed by atoms with Gasteiger partial charge in [0.05, 0.1) is 6.61 Å². The number of rotatable bonds is 6. The Morgan fingerprint density at radius 3 is 3.07 bits per heavy atom. The average molecular weight is 229 g/mol. The van der Waals surface area contributed by atoms with Crippen LogP contribution in [0.3, 0.4) is 0 Å². The highest BCUT2D eigenvalue weighted by atomic mass is 32.1. The highest BCUT2D eigenvalue weighted by molar-refractivity contribution is 7.12. The van der Waals surface area contributed by atoms with E-state index in [1.54, 1.807) is 12.5 Å². The second-order valence-electron chi connectivity index (χ2n) is 3.32. The predicted octanol–water partition coefficient (Wildman–Crippen LogP) is 1.57. The molecule has 1 aromatic heterocycles. The van der Waals surface area contributed by atoms with Crippen LogP contribution in [0.25, 0.3) is 0 Å². The topological polar surface area (TPSA) is 58.6 Å². The molecule has 0 aliphatic heterocycles. The fourth-order valence-corrected chi connectivity index (χ4v) is 2.02. The maximum Gasteiger partial charge on any atom is 0.346 e. The number of carboxylic acid groups (broad SMARTS) is 1. The van der Waals surface area contributed by atoms with E-state index in [2.05, 4.69) is 5.32 Å². The van der Waals surface area contributed by atoms with E-state index in [4.69, 9.17) is 9.84 Å². The number of carbonyl (C=O) groups is 1. The molecule has 84 valence electrons. The van der Waals surface area contributed by atoms with Crippen molar-refractivity contribution in [2.45, 2.75) is 19.5 Å². The molecule has 0 bridgehead atoms. The van der Waals surface area contributed by atoms with Crippen LogP contribution in [0.1, 0.15) is 22.2 Å². The molecular weight excluding hydrogens is 214 g/mol. The van der Waals surface area contributed by atoms with E-state index < -0.39 is 5.97 Å². The summed E-state index contributed by atoms with van der Waals surface area (Å²) in [4.78, 5) is 11.2. The summed E-state index contributed by atoms with van der Waals surface area (Å²) in [6.07, 6.45) is 0. The van der Waals surface area contributed by atoms with E-state index in [1.807, 2.05) is 13.0 Å². The van der Waals surface area contributed by atoms with Gasteiger partial charge in [-0.05, 0) is 23.9 Å². The predicted molar refractivity (Wildman–Crippen MR) is 59.5 cm³/mol. The van der Waals surface area contributed by atoms with Crippen molar-refractivity contribution in [2.75, 3.05) is 13.7 Å². The van der Waals surface area contributed by atoms with Gasteiger partial charge in [0.25, 0.3) is 0 Å². The molecule has 1 atom stereocenters. The minimum atomic E-state index is -0.860. The monoisotopic (exact) mass is 229 g/mol. The van der Waals surface area contributed by atoms with Crippen LogP contribution in [0.4, 0.5) is 0 Å². The molecule has 0 saturated heterocycles. The molecule has 0 aromatic carbocycles. The van der Waals surface area contributed by atoms with Crippen molar-refractivity contribution >= 4 is 17.3 Å². The second kappa shape index (κ2) is 5.85. The first-order valence-corrected chi connectivity index (χ1v) is 5.55. The van der Waals surface area contributed by atoms with Crippen LogP contribution in [-0.2, 0) is 11.3 Å². The van der Waals surface area contributed by atoms with Gasteiger partial charge in [0.15, 0.2) is 0 Å². The van der Waals surface area contributed by atoms with E-state index in [1.165, 1.54) is 11.3 Å². The van der Waals surface area contributed by atoms with Crippen LogP contribution in [0, 0.1) is 0 Å². The quantitative estimate of drug-likeness (QED) is 0.777. The Morgan fingerprint density at radius 1 is 1.73 bits per heavy atom. The molecule has 5 heteroatoms. The van der Waals surface area contributed by atoms with Gasteiger partial charge in [0.1, 0.15) is 4.88 Å². The Morgan fingerprint density at radius 2 is 2.47 bits per heavy atom. The summed E-state index contributed by atoms with van der Waals surface area (Å²) < 4.78 is 4.97. The lowest BCUT2D eigenvalue weighted by Gasteiger charge is -2.12. The van der Waals surface area contributed by atoms with Crippen molar-refractivity contribution in [3.63, 3.8) is 0 Å². The van der Waals surface area contributed by atoms with Crippen LogP contribution >= 0.6 is 11.3 Å². The summed E-state index contributed by atoms with van der Waals surface area (Å²) in [6.45, 7) is 3.18. The first-order valence-electron chi connectivity index (χ1n) is 4.67. The van der Waals surface area contributed by atoms with Gasteiger partial charge in [-0.25, -0.2) is 4.79 Å². The van der Waals surface area contributed by atoms with Gasteiger partial charge in [-0.1, -0.05) is 0 Å². The van der Waals surface area contributed by atoms with Gasteiger partial charge in [0.2, 0.25) is 0 Å². The van der Waals surface area contributed by atoms with E-state index >= 15 is 0 Å². The third-order valence-electron chi connectivity index (χ3n) is 2.00. The summed E-state index contributed by atoms with van der Waals surface area (Å²) >= 11 is 1.25. The van der Waals surface area contributed by atoms with Crippen molar-refractivity contribution in [3.8, 4) is 0 Å². The third-order valence-corrected chi connectivity index (χ3v) is 2.94. The highest BCUT2D eigenvalue weighted by Crippen LogP contribution is 2.16. The Kier molecular flexibility index (Phi) is 4.74. The Hall–Kier alpha value is -0.910. The largest absolute Gasteiger partial charge is 0.477 e. The maximum absolute atomic E-state index is 10.8. The molecule has 1 aromatic rings. The van der Waals surface area contributed by atoms with E-state index in [-0.39, 0.29) is 6.04 Å². The number of carboxylic acids is 1. The van der Waals surface area contributed by atoms with Gasteiger partial charge < -0.3 is 15.2 Å². The van der Waals surface area contributed by atoms with Crippen LogP contribution in [0.5, 0.6) is 0 Å². The number of aromatic carboxylic acids is 1. The molecule has 1 rings (SSSR count). The van der Waals surface area contributed by atoms with Gasteiger partial charge >= 0.3 is 5.97 Å². The minimum absolute atomic E-state index is 0.219. The molecule has 1 heterocycles. The molecule has 0 radical (unpaired) electrons. The number of thiophene rings is 1. The van der Waals surface area contributed by atoms with E-state index in [0.717, 1.165) is 5.56 Å². The summed E-state index contributed by atoms with van der Waals surface area (Å²) in [5.74, 6) is -0.860. The zero-order chi connectivity index (χ0) is 11.3. The number of hydrogen-bond donors (Lipinski definition) is 2. The van der Waals surface area contributed by atoms with Gasteiger partial charge in [-0.3, -0.25) is 0 Å². The van der Waals surface area contributed by atoms with Crippen LogP contribution in [0.2, 0.25) is 0 Å². The van der Waals surface area contributed by atoms with Crippen molar-refractivity contribution in [2.24, 2.45) is 0 Å². The van der Waals surface area contributed by atoms with Gasteiger partial charge in [0, 0.05) is 19.7 Å². The van der Waals surface area contributed by atoms with E-state index in [0.29, 0.717) is 18.0 Å². The smallest absolute Gasteiger partial charge is 0.346 e. The normalized spacial score (nSPS) is 12.7. The first kappa shape index (κ1) is 12.2. The zero-order valence-corrected chi connectivity index (χ0v) is 9.63. The third kappa shape index (κ3) is 3.62. The maximum atomic E-state index is 10.8. The lowest BCUT2D eigenvalue weighted by Crippen LogP contribution is -2.29. The van der Waals surface area contributed by atoms with Crippen molar-refractivity contribution in [1.29, 1.82) is 0 Å². The number of nitrogens with one attached hydrogen (secondary N) is 1. The second-order valence-corrected chi connectivity index (χ2v) is 4.23. The molecule has 0 saturated carbocycles. The molecule has 2 N–H and O–H groups in total. The summed E-state index contributed by atoms with van der Waals surface area (Å²) in [7, 11) is 1.64. The molecule has 0 spiro atoms. The molecular formula is C10H15NO3S. The van der Waals surface area contributed by atoms with Gasteiger partial charge in [-0.2, -0.15) is 0 Å². The first-order chi connectivity index (χ1) is 7.15. The molecule has 15 heavy (non-hydrogen) atoms. The van der Waals surface area contributed by atoms with Crippen molar-refractivity contribution in [3.05, 3.63) is 21.9 Å². The molecule has 4 nitrogen and oxygen atoms in total. The van der Waals surface area contributed by atoms with Crippen LogP contribution in [0.15, 0.2) is 11.4 Å². The fraction of sp³-hybridized carbons (Fsp3) is 0.500. The van der Waals surface area contributed by atoms with Crippen LogP contribution in [-0.4, -0.2) is 30.8 Å². The SMILES string of the molecule is COCC(C)NCc1ccsc1C(=O)O. The lowest BCUT2D eigenvalue weighted by molar-refractivity contribution is 0.0701. The van der Waals surface area contributed by atoms with Gasteiger partial charge in [-0.15, -0.1) is 11.3 Å². The molecule has 0 amide bonds. The minimum Gasteiger partial charge on any atom is -0.477 e. The Bertz CT molecular complexity index is 324. The number of hydrogen-bond acceptors (Lipinski definition) is 4. The molecule has 0 fully saturated rings. The number of ether oxygens (including phenoxy) is 1. The van der Waals surface area contributed by atoms with Crippen molar-refractivity contribution in [1.82, 2.24) is 5.32 Å². The fourth-order valence-electron chi connectivity index (χ4n) is 1.26. The molecule has 1 unspecified atom stereocenters. The number of methoxy groups -OCH3 is 1. The molecule has 0 aliphatic carbocycles. The Labute approximate surface area is 92.9 Å². The van der Waals surface area contributed by atoms with Crippen molar-refractivity contribution < 1.29 is 14.6 Å². The average Bonchev–Trinajstić information content (AvgIpc) is 2.63. The summed E-state index contributed by atoms with van der Waals surface area (Å²) in [6, 6.07) is 2.05. The highest BCUT2D eigenvalue weighted by Gasteiger charge is 2.11. The van der Waals surface area contributed by atoms with E-state index in [9.17, 15) is 4.79 Å². The lowest BCUT2D eigenvalue weighted by atomic mass is 10.2. The zero-order valence-electron chi connectivity index (χ0n) is 8.82. The Balaban J connectivity index is 2.50. The summed E-state index contributed by atoms with van der Waals surface area (Å²) in [5, 5.41) is 13.9. The molecule has 0 aliphatic rings. The summed E-state index contributed by atoms with van der Waals surface area (Å²) in [5.41, 5.74) is 0.829.